The van der Waals surface area contributed by atoms with Crippen molar-refractivity contribution in [3.8, 4) is 6.07 Å². The van der Waals surface area contributed by atoms with Crippen LogP contribution in [0, 0.1) is 18.3 Å². The summed E-state index contributed by atoms with van der Waals surface area (Å²) in [5.41, 5.74) is 3.69. The smallest absolute Gasteiger partial charge is 0.143 e. The molecule has 19 heavy (non-hydrogen) atoms. The van der Waals surface area contributed by atoms with E-state index in [1.807, 2.05) is 30.7 Å². The Balaban J connectivity index is 2.15. The SMILES string of the molecule is Cc1c(CNc2cnc(Cl)c(Br)c2)cc(C#N)n1C. The van der Waals surface area contributed by atoms with Gasteiger partial charge in [-0.1, -0.05) is 11.6 Å². The molecule has 0 saturated heterocycles. The number of hydrogen-bond acceptors (Lipinski definition) is 3. The summed E-state index contributed by atoms with van der Waals surface area (Å²) < 4.78 is 2.63. The van der Waals surface area contributed by atoms with Crippen LogP contribution in [0.3, 0.4) is 0 Å². The third kappa shape index (κ3) is 2.91. The number of aromatic nitrogens is 2. The van der Waals surface area contributed by atoms with Crippen molar-refractivity contribution in [1.29, 1.82) is 5.26 Å². The van der Waals surface area contributed by atoms with Crippen LogP contribution in [0.5, 0.6) is 0 Å². The summed E-state index contributed by atoms with van der Waals surface area (Å²) in [5, 5.41) is 12.7. The molecule has 1 N–H and O–H groups in total. The van der Waals surface area contributed by atoms with Gasteiger partial charge in [0, 0.05) is 19.3 Å². The summed E-state index contributed by atoms with van der Waals surface area (Å²) in [6.45, 7) is 2.63. The molecule has 2 heterocycles. The fourth-order valence-electron chi connectivity index (χ4n) is 1.76. The predicted molar refractivity (Wildman–Crippen MR) is 79.1 cm³/mol. The van der Waals surface area contributed by atoms with E-state index >= 15 is 0 Å². The van der Waals surface area contributed by atoms with Gasteiger partial charge in [-0.15, -0.1) is 0 Å². The second-order valence-corrected chi connectivity index (χ2v) is 5.37. The van der Waals surface area contributed by atoms with Crippen LogP contribution in [0.25, 0.3) is 0 Å². The zero-order valence-corrected chi connectivity index (χ0v) is 12.9. The summed E-state index contributed by atoms with van der Waals surface area (Å²) >= 11 is 9.17. The highest BCUT2D eigenvalue weighted by Crippen LogP contribution is 2.23. The maximum absolute atomic E-state index is 8.99. The van der Waals surface area contributed by atoms with E-state index in [0.29, 0.717) is 17.4 Å². The minimum Gasteiger partial charge on any atom is -0.380 e. The molecule has 0 spiro atoms. The Labute approximate surface area is 125 Å². The van der Waals surface area contributed by atoms with Gasteiger partial charge in [-0.25, -0.2) is 4.98 Å². The predicted octanol–water partition coefficient (Wildman–Crippen LogP) is 3.63. The van der Waals surface area contributed by atoms with Crippen LogP contribution in [-0.2, 0) is 13.6 Å². The van der Waals surface area contributed by atoms with E-state index in [4.69, 9.17) is 16.9 Å². The molecule has 4 nitrogen and oxygen atoms in total. The quantitative estimate of drug-likeness (QED) is 0.869. The van der Waals surface area contributed by atoms with Crippen LogP contribution in [0.15, 0.2) is 22.8 Å². The van der Waals surface area contributed by atoms with E-state index in [1.165, 1.54) is 0 Å². The van der Waals surface area contributed by atoms with Crippen LogP contribution in [-0.4, -0.2) is 9.55 Å². The number of nitriles is 1. The van der Waals surface area contributed by atoms with Gasteiger partial charge in [0.15, 0.2) is 0 Å². The lowest BCUT2D eigenvalue weighted by molar-refractivity contribution is 0.856. The van der Waals surface area contributed by atoms with Gasteiger partial charge in [0.05, 0.1) is 16.4 Å². The summed E-state index contributed by atoms with van der Waals surface area (Å²) in [7, 11) is 1.89. The van der Waals surface area contributed by atoms with Crippen molar-refractivity contribution < 1.29 is 0 Å². The van der Waals surface area contributed by atoms with Crippen molar-refractivity contribution in [1.82, 2.24) is 9.55 Å². The lowest BCUT2D eigenvalue weighted by Crippen LogP contribution is -2.02. The van der Waals surface area contributed by atoms with Gasteiger partial charge < -0.3 is 9.88 Å². The van der Waals surface area contributed by atoms with E-state index in [9.17, 15) is 0 Å². The van der Waals surface area contributed by atoms with Crippen LogP contribution in [0.2, 0.25) is 5.15 Å². The Bertz CT molecular complexity index is 657. The molecule has 2 aromatic rings. The normalized spacial score (nSPS) is 10.3. The van der Waals surface area contributed by atoms with E-state index in [2.05, 4.69) is 32.3 Å². The number of hydrogen-bond donors (Lipinski definition) is 1. The van der Waals surface area contributed by atoms with Gasteiger partial charge in [0.2, 0.25) is 0 Å². The molecule has 98 valence electrons. The van der Waals surface area contributed by atoms with Gasteiger partial charge in [0.25, 0.3) is 0 Å². The molecule has 0 radical (unpaired) electrons. The molecular weight excluding hydrogens is 328 g/mol. The Morgan fingerprint density at radius 3 is 2.84 bits per heavy atom. The average molecular weight is 340 g/mol. The van der Waals surface area contributed by atoms with Gasteiger partial charge in [-0.05, 0) is 40.5 Å². The Kier molecular flexibility index (Phi) is 4.13. The Morgan fingerprint density at radius 2 is 2.26 bits per heavy atom. The first kappa shape index (κ1) is 13.9. The molecule has 0 saturated carbocycles. The number of rotatable bonds is 3. The molecule has 2 rings (SSSR count). The number of pyridine rings is 1. The minimum absolute atomic E-state index is 0.438. The van der Waals surface area contributed by atoms with Gasteiger partial charge in [-0.3, -0.25) is 0 Å². The molecular formula is C13H12BrClN4. The fraction of sp³-hybridized carbons (Fsp3) is 0.231. The molecule has 0 atom stereocenters. The largest absolute Gasteiger partial charge is 0.380 e. The lowest BCUT2D eigenvalue weighted by Gasteiger charge is -2.07. The molecule has 2 aromatic heterocycles. The van der Waals surface area contributed by atoms with E-state index in [0.717, 1.165) is 21.4 Å². The molecule has 6 heteroatoms. The number of nitrogens with zero attached hydrogens (tertiary/aromatic N) is 3. The standard InChI is InChI=1S/C13H12BrClN4/c1-8-9(3-11(5-16)19(8)2)6-17-10-4-12(14)13(15)18-7-10/h3-4,7,17H,6H2,1-2H3. The Hall–Kier alpha value is -1.51. The summed E-state index contributed by atoms with van der Waals surface area (Å²) in [5.74, 6) is 0. The lowest BCUT2D eigenvalue weighted by atomic mass is 10.2. The zero-order valence-electron chi connectivity index (χ0n) is 10.5. The molecule has 0 unspecified atom stereocenters. The van der Waals surface area contributed by atoms with Crippen LogP contribution in [0.1, 0.15) is 17.0 Å². The van der Waals surface area contributed by atoms with Crippen molar-refractivity contribution in [2.75, 3.05) is 5.32 Å². The molecule has 0 aromatic carbocycles. The van der Waals surface area contributed by atoms with Crippen molar-refractivity contribution >= 4 is 33.2 Å². The molecule has 0 aliphatic rings. The highest BCUT2D eigenvalue weighted by molar-refractivity contribution is 9.10. The third-order valence-corrected chi connectivity index (χ3v) is 4.17. The average Bonchev–Trinajstić information content (AvgIpc) is 2.67. The minimum atomic E-state index is 0.438. The van der Waals surface area contributed by atoms with E-state index in [1.54, 1.807) is 6.20 Å². The third-order valence-electron chi connectivity index (χ3n) is 3.03. The van der Waals surface area contributed by atoms with Gasteiger partial charge in [0.1, 0.15) is 16.9 Å². The van der Waals surface area contributed by atoms with Crippen molar-refractivity contribution in [3.05, 3.63) is 44.9 Å². The summed E-state index contributed by atoms with van der Waals surface area (Å²) in [6.07, 6.45) is 1.68. The van der Waals surface area contributed by atoms with Gasteiger partial charge >= 0.3 is 0 Å². The van der Waals surface area contributed by atoms with Crippen molar-refractivity contribution in [2.24, 2.45) is 7.05 Å². The van der Waals surface area contributed by atoms with E-state index < -0.39 is 0 Å². The monoisotopic (exact) mass is 338 g/mol. The van der Waals surface area contributed by atoms with Crippen molar-refractivity contribution in [3.63, 3.8) is 0 Å². The molecule has 0 aliphatic heterocycles. The summed E-state index contributed by atoms with van der Waals surface area (Å²) in [6, 6.07) is 5.93. The molecule has 0 fully saturated rings. The molecule has 0 amide bonds. The Morgan fingerprint density at radius 1 is 1.53 bits per heavy atom. The number of nitrogens with one attached hydrogen (secondary N) is 1. The van der Waals surface area contributed by atoms with Gasteiger partial charge in [-0.2, -0.15) is 5.26 Å². The van der Waals surface area contributed by atoms with Crippen LogP contribution < -0.4 is 5.32 Å². The van der Waals surface area contributed by atoms with Crippen LogP contribution in [0.4, 0.5) is 5.69 Å². The highest BCUT2D eigenvalue weighted by atomic mass is 79.9. The zero-order chi connectivity index (χ0) is 14.0. The first-order valence-corrected chi connectivity index (χ1v) is 6.80. The number of halogens is 2. The maximum atomic E-state index is 8.99. The fourth-order valence-corrected chi connectivity index (χ4v) is 2.22. The molecule has 0 aliphatic carbocycles. The van der Waals surface area contributed by atoms with Crippen molar-refractivity contribution in [2.45, 2.75) is 13.5 Å². The van der Waals surface area contributed by atoms with Crippen LogP contribution >= 0.6 is 27.5 Å². The highest BCUT2D eigenvalue weighted by Gasteiger charge is 2.08. The second-order valence-electron chi connectivity index (χ2n) is 4.16. The first-order valence-electron chi connectivity index (χ1n) is 5.63. The maximum Gasteiger partial charge on any atom is 0.143 e. The second kappa shape index (κ2) is 5.64. The molecule has 0 bridgehead atoms. The first-order chi connectivity index (χ1) is 9.02. The topological polar surface area (TPSA) is 53.6 Å². The number of anilines is 1. The summed E-state index contributed by atoms with van der Waals surface area (Å²) in [4.78, 5) is 4.05. The van der Waals surface area contributed by atoms with E-state index in [-0.39, 0.29) is 0 Å².